The molecule has 1 atom stereocenters. The quantitative estimate of drug-likeness (QED) is 0.797. The number of halogens is 1. The van der Waals surface area contributed by atoms with Gasteiger partial charge >= 0.3 is 13.2 Å². The van der Waals surface area contributed by atoms with Gasteiger partial charge in [-0.25, -0.2) is 9.18 Å². The number of amides is 1. The van der Waals surface area contributed by atoms with Crippen LogP contribution in [-0.4, -0.2) is 37.1 Å². The minimum absolute atomic E-state index is 0.150. The van der Waals surface area contributed by atoms with Crippen molar-refractivity contribution in [2.75, 3.05) is 11.4 Å². The third kappa shape index (κ3) is 2.80. The zero-order valence-electron chi connectivity index (χ0n) is 14.8. The molecule has 1 aromatic carbocycles. The number of hydrogen-bond acceptors (Lipinski definition) is 4. The van der Waals surface area contributed by atoms with Gasteiger partial charge in [-0.15, -0.1) is 0 Å². The second kappa shape index (κ2) is 5.74. The molecule has 1 amide bonds. The number of benzene rings is 1. The van der Waals surface area contributed by atoms with Gasteiger partial charge in [0.05, 0.1) is 23.4 Å². The lowest BCUT2D eigenvalue weighted by Gasteiger charge is -2.32. The minimum Gasteiger partial charge on any atom is -0.444 e. The minimum atomic E-state index is -0.766. The van der Waals surface area contributed by atoms with Crippen LogP contribution in [0, 0.1) is 5.82 Å². The normalized spacial score (nSPS) is 25.2. The van der Waals surface area contributed by atoms with E-state index in [9.17, 15) is 9.18 Å². The van der Waals surface area contributed by atoms with Crippen molar-refractivity contribution in [1.29, 1.82) is 0 Å². The van der Waals surface area contributed by atoms with E-state index in [0.717, 1.165) is 6.42 Å². The molecule has 0 aromatic heterocycles. The number of anilines is 1. The van der Waals surface area contributed by atoms with E-state index in [4.69, 9.17) is 14.0 Å². The molecule has 0 radical (unpaired) electrons. The summed E-state index contributed by atoms with van der Waals surface area (Å²) in [6.45, 7) is 10.1. The second-order valence-corrected chi connectivity index (χ2v) is 7.32. The van der Waals surface area contributed by atoms with Crippen LogP contribution in [0.4, 0.5) is 14.9 Å². The van der Waals surface area contributed by atoms with Crippen molar-refractivity contribution in [2.24, 2.45) is 0 Å². The lowest BCUT2D eigenvalue weighted by atomic mass is 9.78. The van der Waals surface area contributed by atoms with Crippen LogP contribution in [-0.2, 0) is 14.0 Å². The summed E-state index contributed by atoms with van der Waals surface area (Å²) in [6, 6.07) is 4.64. The van der Waals surface area contributed by atoms with Gasteiger partial charge in [0.15, 0.2) is 0 Å². The Bertz CT molecular complexity index is 648. The Balaban J connectivity index is 1.83. The van der Waals surface area contributed by atoms with Crippen molar-refractivity contribution >= 4 is 24.4 Å². The summed E-state index contributed by atoms with van der Waals surface area (Å²) in [5.41, 5.74) is -0.253. The zero-order chi connectivity index (χ0) is 17.7. The Morgan fingerprint density at radius 1 is 1.25 bits per heavy atom. The summed E-state index contributed by atoms with van der Waals surface area (Å²) < 4.78 is 31.6. The van der Waals surface area contributed by atoms with Gasteiger partial charge in [0.2, 0.25) is 0 Å². The highest BCUT2D eigenvalue weighted by molar-refractivity contribution is 6.62. The van der Waals surface area contributed by atoms with E-state index in [2.05, 4.69) is 0 Å². The molecule has 2 saturated heterocycles. The van der Waals surface area contributed by atoms with Gasteiger partial charge in [-0.1, -0.05) is 13.0 Å². The maximum Gasteiger partial charge on any atom is 0.497 e. The fraction of sp³-hybridized carbons (Fsp3) is 0.588. The second-order valence-electron chi connectivity index (χ2n) is 7.32. The van der Waals surface area contributed by atoms with Crippen LogP contribution in [0.2, 0.25) is 0 Å². The third-order valence-electron chi connectivity index (χ3n) is 5.13. The SMILES string of the molecule is CC[C@H]1CN(c2ccc(B3OC(C)(C)C(C)(C)O3)c(F)c2)C(=O)O1. The topological polar surface area (TPSA) is 48.0 Å². The van der Waals surface area contributed by atoms with Gasteiger partial charge in [0, 0.05) is 5.46 Å². The largest absolute Gasteiger partial charge is 0.497 e. The molecule has 2 aliphatic heterocycles. The highest BCUT2D eigenvalue weighted by Gasteiger charge is 2.52. The molecule has 0 unspecified atom stereocenters. The molecular formula is C17H23BFNO4. The Hall–Kier alpha value is -1.60. The Labute approximate surface area is 142 Å². The van der Waals surface area contributed by atoms with Gasteiger partial charge in [-0.3, -0.25) is 4.90 Å². The van der Waals surface area contributed by atoms with E-state index in [0.29, 0.717) is 17.7 Å². The zero-order valence-corrected chi connectivity index (χ0v) is 14.8. The predicted molar refractivity (Wildman–Crippen MR) is 90.0 cm³/mol. The van der Waals surface area contributed by atoms with Crippen molar-refractivity contribution < 1.29 is 23.2 Å². The van der Waals surface area contributed by atoms with Gasteiger partial charge in [-0.2, -0.15) is 0 Å². The van der Waals surface area contributed by atoms with E-state index < -0.39 is 30.2 Å². The Kier molecular flexibility index (Phi) is 4.12. The van der Waals surface area contributed by atoms with E-state index in [1.54, 1.807) is 12.1 Å². The maximum atomic E-state index is 14.6. The molecule has 2 fully saturated rings. The lowest BCUT2D eigenvalue weighted by molar-refractivity contribution is 0.00578. The van der Waals surface area contributed by atoms with Gasteiger partial charge in [-0.05, 0) is 46.2 Å². The molecule has 7 heteroatoms. The molecule has 1 aromatic rings. The summed E-state index contributed by atoms with van der Waals surface area (Å²) in [7, 11) is -0.766. The molecule has 130 valence electrons. The smallest absolute Gasteiger partial charge is 0.444 e. The average molecular weight is 335 g/mol. The number of ether oxygens (including phenoxy) is 1. The van der Waals surface area contributed by atoms with Crippen molar-refractivity contribution in [1.82, 2.24) is 0 Å². The molecule has 3 rings (SSSR count). The predicted octanol–water partition coefficient (Wildman–Crippen LogP) is 2.86. The number of carbonyl (C=O) groups is 1. The van der Waals surface area contributed by atoms with Crippen LogP contribution in [0.15, 0.2) is 18.2 Å². The summed E-state index contributed by atoms with van der Waals surface area (Å²) in [6.07, 6.45) is 0.143. The van der Waals surface area contributed by atoms with E-state index in [-0.39, 0.29) is 6.10 Å². The first-order chi connectivity index (χ1) is 11.1. The van der Waals surface area contributed by atoms with Crippen LogP contribution in [0.3, 0.4) is 0 Å². The molecule has 2 aliphatic rings. The Morgan fingerprint density at radius 3 is 2.38 bits per heavy atom. The number of nitrogens with zero attached hydrogens (tertiary/aromatic N) is 1. The average Bonchev–Trinajstić information content (AvgIpc) is 2.96. The third-order valence-corrected chi connectivity index (χ3v) is 5.13. The van der Waals surface area contributed by atoms with Gasteiger partial charge < -0.3 is 14.0 Å². The molecule has 0 saturated carbocycles. The highest BCUT2D eigenvalue weighted by atomic mass is 19.1. The number of rotatable bonds is 3. The van der Waals surface area contributed by atoms with Crippen LogP contribution in [0.25, 0.3) is 0 Å². The lowest BCUT2D eigenvalue weighted by Crippen LogP contribution is -2.41. The van der Waals surface area contributed by atoms with Crippen LogP contribution in [0.1, 0.15) is 41.0 Å². The van der Waals surface area contributed by atoms with Crippen molar-refractivity contribution in [3.63, 3.8) is 0 Å². The van der Waals surface area contributed by atoms with Crippen molar-refractivity contribution in [3.8, 4) is 0 Å². The molecule has 5 nitrogen and oxygen atoms in total. The van der Waals surface area contributed by atoms with E-state index >= 15 is 0 Å². The maximum absolute atomic E-state index is 14.6. The molecule has 0 aliphatic carbocycles. The number of hydrogen-bond donors (Lipinski definition) is 0. The van der Waals surface area contributed by atoms with Crippen LogP contribution in [0.5, 0.6) is 0 Å². The summed E-state index contributed by atoms with van der Waals surface area (Å²) >= 11 is 0. The first kappa shape index (κ1) is 17.2. The molecule has 2 heterocycles. The summed E-state index contributed by atoms with van der Waals surface area (Å²) in [5, 5.41) is 0. The fourth-order valence-electron chi connectivity index (χ4n) is 2.79. The number of cyclic esters (lactones) is 1. The molecule has 24 heavy (non-hydrogen) atoms. The fourth-order valence-corrected chi connectivity index (χ4v) is 2.79. The van der Waals surface area contributed by atoms with E-state index in [1.165, 1.54) is 11.0 Å². The monoisotopic (exact) mass is 335 g/mol. The molecule has 0 spiro atoms. The van der Waals surface area contributed by atoms with Crippen molar-refractivity contribution in [3.05, 3.63) is 24.0 Å². The summed E-state index contributed by atoms with van der Waals surface area (Å²) in [4.78, 5) is 13.3. The molecule has 0 N–H and O–H groups in total. The van der Waals surface area contributed by atoms with Gasteiger partial charge in [0.25, 0.3) is 0 Å². The first-order valence-electron chi connectivity index (χ1n) is 8.28. The Morgan fingerprint density at radius 2 is 1.88 bits per heavy atom. The highest BCUT2D eigenvalue weighted by Crippen LogP contribution is 2.36. The van der Waals surface area contributed by atoms with Crippen molar-refractivity contribution in [2.45, 2.75) is 58.3 Å². The molecule has 0 bridgehead atoms. The summed E-state index contributed by atoms with van der Waals surface area (Å²) in [5.74, 6) is -0.459. The first-order valence-corrected chi connectivity index (χ1v) is 8.28. The standard InChI is InChI=1S/C17H23BFNO4/c1-6-12-10-20(15(21)22-12)11-7-8-13(14(19)9-11)18-23-16(2,3)17(4,5)24-18/h7-9,12H,6,10H2,1-5H3/t12-/m0/s1. The van der Waals surface area contributed by atoms with Crippen LogP contribution < -0.4 is 10.4 Å². The molecular weight excluding hydrogens is 312 g/mol. The van der Waals surface area contributed by atoms with E-state index in [1.807, 2.05) is 34.6 Å². The van der Waals surface area contributed by atoms with Crippen LogP contribution >= 0.6 is 0 Å². The van der Waals surface area contributed by atoms with Gasteiger partial charge in [0.1, 0.15) is 11.9 Å². The number of carbonyl (C=O) groups excluding carboxylic acids is 1.